The van der Waals surface area contributed by atoms with Gasteiger partial charge in [0.25, 0.3) is 0 Å². The lowest BCUT2D eigenvalue weighted by atomic mass is 9.62. The zero-order valence-electron chi connectivity index (χ0n) is 10.8. The Morgan fingerprint density at radius 1 is 1.44 bits per heavy atom. The molecule has 3 heteroatoms. The fraction of sp³-hybridized carbons (Fsp3) is 0.533. The van der Waals surface area contributed by atoms with E-state index >= 15 is 0 Å². The molecule has 18 heavy (non-hydrogen) atoms. The van der Waals surface area contributed by atoms with E-state index in [0.29, 0.717) is 6.04 Å². The first-order valence-corrected chi connectivity index (χ1v) is 6.58. The number of nitrogens with zero attached hydrogens (tertiary/aromatic N) is 1. The van der Waals surface area contributed by atoms with Gasteiger partial charge in [0, 0.05) is 12.1 Å². The quantitative estimate of drug-likeness (QED) is 0.832. The molecule has 0 radical (unpaired) electrons. The molecule has 0 amide bonds. The first-order chi connectivity index (χ1) is 8.74. The van der Waals surface area contributed by atoms with E-state index in [1.54, 1.807) is 0 Å². The summed E-state index contributed by atoms with van der Waals surface area (Å²) in [6.07, 6.45) is 2.59. The molecule has 1 aromatic rings. The normalized spacial score (nSPS) is 28.2. The molecular weight excluding hydrogens is 224 g/mol. The summed E-state index contributed by atoms with van der Waals surface area (Å²) in [6.45, 7) is 2.22. The maximum Gasteiger partial charge on any atom is 0.0852 e. The highest BCUT2D eigenvalue weighted by atomic mass is 16.3. The number of aliphatic hydroxyl groups excluding tert-OH is 1. The van der Waals surface area contributed by atoms with Gasteiger partial charge in [0.05, 0.1) is 18.1 Å². The van der Waals surface area contributed by atoms with Crippen molar-refractivity contribution >= 4 is 0 Å². The SMILES string of the molecule is CC[C@@H](CO)NC1CC(C#N)(c2ccccc2)C1. The predicted octanol–water partition coefficient (Wildman–Crippen LogP) is 1.97. The monoisotopic (exact) mass is 244 g/mol. The molecule has 1 atom stereocenters. The predicted molar refractivity (Wildman–Crippen MR) is 71.1 cm³/mol. The van der Waals surface area contributed by atoms with E-state index in [1.165, 1.54) is 0 Å². The Balaban J connectivity index is 1.99. The summed E-state index contributed by atoms with van der Waals surface area (Å²) in [5.74, 6) is 0. The summed E-state index contributed by atoms with van der Waals surface area (Å²) >= 11 is 0. The van der Waals surface area contributed by atoms with Crippen LogP contribution in [0.3, 0.4) is 0 Å². The van der Waals surface area contributed by atoms with Crippen LogP contribution in [0.15, 0.2) is 30.3 Å². The molecule has 0 aliphatic heterocycles. The van der Waals surface area contributed by atoms with E-state index in [0.717, 1.165) is 24.8 Å². The van der Waals surface area contributed by atoms with Crippen LogP contribution in [0.5, 0.6) is 0 Å². The van der Waals surface area contributed by atoms with Crippen LogP contribution in [0.2, 0.25) is 0 Å². The maximum absolute atomic E-state index is 9.43. The van der Waals surface area contributed by atoms with Gasteiger partial charge in [-0.25, -0.2) is 0 Å². The second-order valence-electron chi connectivity index (χ2n) is 5.12. The molecule has 1 fully saturated rings. The van der Waals surface area contributed by atoms with E-state index in [2.05, 4.69) is 18.3 Å². The van der Waals surface area contributed by atoms with Crippen molar-refractivity contribution in [2.75, 3.05) is 6.61 Å². The summed E-state index contributed by atoms with van der Waals surface area (Å²) < 4.78 is 0. The number of rotatable bonds is 5. The zero-order chi connectivity index (χ0) is 13.0. The van der Waals surface area contributed by atoms with E-state index in [1.807, 2.05) is 30.3 Å². The minimum atomic E-state index is -0.327. The Morgan fingerprint density at radius 2 is 2.11 bits per heavy atom. The van der Waals surface area contributed by atoms with Gasteiger partial charge in [-0.3, -0.25) is 0 Å². The molecule has 3 nitrogen and oxygen atoms in total. The van der Waals surface area contributed by atoms with Crippen molar-refractivity contribution < 1.29 is 5.11 Å². The lowest BCUT2D eigenvalue weighted by Crippen LogP contribution is -2.54. The number of aliphatic hydroxyl groups is 1. The molecule has 2 rings (SSSR count). The van der Waals surface area contributed by atoms with Gasteiger partial charge < -0.3 is 10.4 Å². The summed E-state index contributed by atoms with van der Waals surface area (Å²) in [7, 11) is 0. The Hall–Kier alpha value is -1.37. The Morgan fingerprint density at radius 3 is 2.61 bits per heavy atom. The fourth-order valence-corrected chi connectivity index (χ4v) is 2.68. The summed E-state index contributed by atoms with van der Waals surface area (Å²) in [5, 5.41) is 22.0. The molecule has 0 bridgehead atoms. The molecule has 1 saturated carbocycles. The van der Waals surface area contributed by atoms with Crippen molar-refractivity contribution in [2.45, 2.75) is 43.7 Å². The average molecular weight is 244 g/mol. The molecule has 1 aliphatic rings. The van der Waals surface area contributed by atoms with Crippen LogP contribution in [-0.2, 0) is 5.41 Å². The summed E-state index contributed by atoms with van der Waals surface area (Å²) in [6, 6.07) is 13.0. The average Bonchev–Trinajstić information content (AvgIpc) is 2.39. The van der Waals surface area contributed by atoms with Crippen molar-refractivity contribution in [3.63, 3.8) is 0 Å². The van der Waals surface area contributed by atoms with Gasteiger partial charge in [-0.05, 0) is 24.8 Å². The molecule has 2 N–H and O–H groups in total. The van der Waals surface area contributed by atoms with Crippen molar-refractivity contribution in [2.24, 2.45) is 0 Å². The zero-order valence-corrected chi connectivity index (χ0v) is 10.8. The number of hydrogen-bond donors (Lipinski definition) is 2. The highest BCUT2D eigenvalue weighted by Gasteiger charge is 2.46. The topological polar surface area (TPSA) is 56.0 Å². The van der Waals surface area contributed by atoms with Crippen LogP contribution in [0, 0.1) is 11.3 Å². The third kappa shape index (κ3) is 2.40. The molecular formula is C15H20N2O. The first-order valence-electron chi connectivity index (χ1n) is 6.58. The third-order valence-electron chi connectivity index (χ3n) is 3.91. The van der Waals surface area contributed by atoms with Crippen molar-refractivity contribution in [1.29, 1.82) is 5.26 Å². The van der Waals surface area contributed by atoms with E-state index in [9.17, 15) is 10.4 Å². The van der Waals surface area contributed by atoms with Crippen LogP contribution in [0.25, 0.3) is 0 Å². The van der Waals surface area contributed by atoms with Crippen molar-refractivity contribution in [3.05, 3.63) is 35.9 Å². The number of benzene rings is 1. The third-order valence-corrected chi connectivity index (χ3v) is 3.91. The van der Waals surface area contributed by atoms with Gasteiger partial charge in [-0.2, -0.15) is 5.26 Å². The molecule has 0 aromatic heterocycles. The maximum atomic E-state index is 9.43. The highest BCUT2D eigenvalue weighted by Crippen LogP contribution is 2.43. The van der Waals surface area contributed by atoms with Crippen molar-refractivity contribution in [1.82, 2.24) is 5.32 Å². The van der Waals surface area contributed by atoms with Gasteiger partial charge in [-0.15, -0.1) is 0 Å². The van der Waals surface area contributed by atoms with Crippen LogP contribution in [-0.4, -0.2) is 23.8 Å². The molecule has 0 heterocycles. The first kappa shape index (κ1) is 13.1. The van der Waals surface area contributed by atoms with Crippen LogP contribution in [0.1, 0.15) is 31.7 Å². The Labute approximate surface area is 108 Å². The smallest absolute Gasteiger partial charge is 0.0852 e. The number of nitriles is 1. The van der Waals surface area contributed by atoms with Gasteiger partial charge in [-0.1, -0.05) is 37.3 Å². The highest BCUT2D eigenvalue weighted by molar-refractivity contribution is 5.36. The second kappa shape index (κ2) is 5.51. The molecule has 0 saturated heterocycles. The standard InChI is InChI=1S/C15H20N2O/c1-2-13(10-18)17-14-8-15(9-14,11-16)12-6-4-3-5-7-12/h3-7,13-14,17-18H,2,8-10H2,1H3/t13-,14?,15?/m0/s1. The van der Waals surface area contributed by atoms with Gasteiger partial charge in [0.2, 0.25) is 0 Å². The van der Waals surface area contributed by atoms with Crippen LogP contribution in [0.4, 0.5) is 0 Å². The Bertz CT molecular complexity index is 414. The molecule has 1 aliphatic carbocycles. The second-order valence-corrected chi connectivity index (χ2v) is 5.12. The molecule has 96 valence electrons. The molecule has 1 aromatic carbocycles. The van der Waals surface area contributed by atoms with Gasteiger partial charge in [0.15, 0.2) is 0 Å². The minimum Gasteiger partial charge on any atom is -0.395 e. The fourth-order valence-electron chi connectivity index (χ4n) is 2.68. The lowest BCUT2D eigenvalue weighted by Gasteiger charge is -2.44. The summed E-state index contributed by atoms with van der Waals surface area (Å²) in [5.41, 5.74) is 0.787. The van der Waals surface area contributed by atoms with Crippen LogP contribution >= 0.6 is 0 Å². The molecule has 0 unspecified atom stereocenters. The lowest BCUT2D eigenvalue weighted by molar-refractivity contribution is 0.168. The minimum absolute atomic E-state index is 0.155. The van der Waals surface area contributed by atoms with E-state index < -0.39 is 0 Å². The summed E-state index contributed by atoms with van der Waals surface area (Å²) in [4.78, 5) is 0. The largest absolute Gasteiger partial charge is 0.395 e. The number of nitrogens with one attached hydrogen (secondary N) is 1. The van der Waals surface area contributed by atoms with Gasteiger partial charge >= 0.3 is 0 Å². The van der Waals surface area contributed by atoms with E-state index in [-0.39, 0.29) is 18.1 Å². The Kier molecular flexibility index (Phi) is 4.00. The van der Waals surface area contributed by atoms with E-state index in [4.69, 9.17) is 0 Å². The molecule has 0 spiro atoms. The number of hydrogen-bond acceptors (Lipinski definition) is 3. The van der Waals surface area contributed by atoms with Crippen molar-refractivity contribution in [3.8, 4) is 6.07 Å². The van der Waals surface area contributed by atoms with Gasteiger partial charge in [0.1, 0.15) is 0 Å². The van der Waals surface area contributed by atoms with Crippen LogP contribution < -0.4 is 5.32 Å².